The molecule has 2 aromatic rings. The van der Waals surface area contributed by atoms with Gasteiger partial charge in [0.15, 0.2) is 5.78 Å². The van der Waals surface area contributed by atoms with E-state index in [0.29, 0.717) is 5.56 Å². The van der Waals surface area contributed by atoms with E-state index in [-0.39, 0.29) is 17.1 Å². The number of benzene rings is 2. The summed E-state index contributed by atoms with van der Waals surface area (Å²) in [5.41, 5.74) is 5.84. The largest absolute Gasteiger partial charge is 0.491 e. The SMILES string of the molecule is COC(CC(=O)C(Oc1ccccc1)C(=O)OC(=O)C(F)(F)F)NC(=O)c1ccc(C(=N)N)cc1. The normalized spacial score (nSPS) is 12.7. The number of ketones is 1. The van der Waals surface area contributed by atoms with Crippen molar-refractivity contribution in [2.75, 3.05) is 7.11 Å². The molecular formula is C22H20F3N3O7. The molecule has 0 saturated carbocycles. The summed E-state index contributed by atoms with van der Waals surface area (Å²) in [5, 5.41) is 9.72. The van der Waals surface area contributed by atoms with Crippen LogP contribution in [-0.2, 0) is 23.9 Å². The van der Waals surface area contributed by atoms with Gasteiger partial charge >= 0.3 is 18.1 Å². The van der Waals surface area contributed by atoms with E-state index in [1.165, 1.54) is 48.5 Å². The van der Waals surface area contributed by atoms with Gasteiger partial charge in [-0.15, -0.1) is 0 Å². The number of hydrogen-bond acceptors (Lipinski definition) is 8. The van der Waals surface area contributed by atoms with Crippen LogP contribution in [0.15, 0.2) is 54.6 Å². The zero-order valence-corrected chi connectivity index (χ0v) is 18.1. The van der Waals surface area contributed by atoms with Gasteiger partial charge in [-0.3, -0.25) is 15.0 Å². The number of nitrogens with one attached hydrogen (secondary N) is 2. The van der Waals surface area contributed by atoms with E-state index in [1.54, 1.807) is 6.07 Å². The third-order valence-corrected chi connectivity index (χ3v) is 4.35. The highest BCUT2D eigenvalue weighted by Crippen LogP contribution is 2.19. The standard InChI is InChI=1S/C22H20F3N3O7/c1-33-16(28-19(30)13-9-7-12(8-10-13)18(26)27)11-15(29)17(34-14-5-3-2-4-6-14)20(31)35-21(32)22(23,24)25/h2-10,16-17H,11H2,1H3,(H3,26,27)(H,28,30). The number of nitrogens with two attached hydrogens (primary N) is 1. The van der Waals surface area contributed by atoms with Gasteiger partial charge in [0.1, 0.15) is 17.8 Å². The summed E-state index contributed by atoms with van der Waals surface area (Å²) in [6.45, 7) is 0. The maximum atomic E-state index is 12.7. The van der Waals surface area contributed by atoms with E-state index in [2.05, 4.69) is 10.1 Å². The van der Waals surface area contributed by atoms with Crippen LogP contribution >= 0.6 is 0 Å². The first kappa shape index (κ1) is 27.0. The van der Waals surface area contributed by atoms with Crippen LogP contribution in [-0.4, -0.2) is 55.1 Å². The topological polar surface area (TPSA) is 158 Å². The van der Waals surface area contributed by atoms with Gasteiger partial charge < -0.3 is 25.3 Å². The van der Waals surface area contributed by atoms with Crippen molar-refractivity contribution >= 4 is 29.5 Å². The summed E-state index contributed by atoms with van der Waals surface area (Å²) in [5.74, 6) is -6.81. The van der Waals surface area contributed by atoms with E-state index in [9.17, 15) is 32.3 Å². The van der Waals surface area contributed by atoms with Crippen LogP contribution in [0.3, 0.4) is 0 Å². The molecule has 13 heteroatoms. The Morgan fingerprint density at radius 1 is 1.00 bits per heavy atom. The first-order valence-electron chi connectivity index (χ1n) is 9.77. The van der Waals surface area contributed by atoms with Gasteiger partial charge in [-0.1, -0.05) is 30.3 Å². The Bertz CT molecular complexity index is 1090. The molecule has 1 amide bonds. The van der Waals surface area contributed by atoms with Crippen molar-refractivity contribution in [2.24, 2.45) is 5.73 Å². The number of esters is 2. The first-order chi connectivity index (χ1) is 16.4. The lowest BCUT2D eigenvalue weighted by Crippen LogP contribution is -2.45. The van der Waals surface area contributed by atoms with E-state index in [0.717, 1.165) is 7.11 Å². The second-order valence-electron chi connectivity index (χ2n) is 6.88. The van der Waals surface area contributed by atoms with Crippen molar-refractivity contribution in [3.05, 3.63) is 65.7 Å². The van der Waals surface area contributed by atoms with Crippen molar-refractivity contribution in [3.8, 4) is 5.75 Å². The molecule has 0 spiro atoms. The minimum atomic E-state index is -5.48. The highest BCUT2D eigenvalue weighted by atomic mass is 19.4. The molecule has 2 aromatic carbocycles. The Hall–Kier alpha value is -4.26. The Morgan fingerprint density at radius 3 is 2.09 bits per heavy atom. The van der Waals surface area contributed by atoms with Crippen LogP contribution < -0.4 is 15.8 Å². The molecule has 2 unspecified atom stereocenters. The quantitative estimate of drug-likeness (QED) is 0.148. The number of amides is 1. The summed E-state index contributed by atoms with van der Waals surface area (Å²) < 4.78 is 51.5. The average Bonchev–Trinajstić information content (AvgIpc) is 2.81. The van der Waals surface area contributed by atoms with Crippen LogP contribution in [0.25, 0.3) is 0 Å². The number of alkyl halides is 3. The number of para-hydroxylation sites is 1. The Balaban J connectivity index is 2.15. The number of methoxy groups -OCH3 is 1. The van der Waals surface area contributed by atoms with Gasteiger partial charge in [0.2, 0.25) is 0 Å². The molecular weight excluding hydrogens is 475 g/mol. The van der Waals surface area contributed by atoms with Crippen molar-refractivity contribution in [3.63, 3.8) is 0 Å². The molecule has 0 aliphatic rings. The Morgan fingerprint density at radius 2 is 1.57 bits per heavy atom. The van der Waals surface area contributed by atoms with Gasteiger partial charge in [-0.25, -0.2) is 9.59 Å². The van der Waals surface area contributed by atoms with Crippen LogP contribution in [0.5, 0.6) is 5.75 Å². The lowest BCUT2D eigenvalue weighted by molar-refractivity contribution is -0.203. The van der Waals surface area contributed by atoms with E-state index in [4.69, 9.17) is 20.6 Å². The molecule has 2 atom stereocenters. The fourth-order valence-corrected chi connectivity index (χ4v) is 2.60. The number of nitrogen functional groups attached to an aromatic ring is 1. The fraction of sp³-hybridized carbons (Fsp3) is 0.227. The minimum Gasteiger partial charge on any atom is -0.471 e. The molecule has 0 aliphatic heterocycles. The Kier molecular flexibility index (Phi) is 9.05. The van der Waals surface area contributed by atoms with Crippen molar-refractivity contribution in [1.29, 1.82) is 5.41 Å². The van der Waals surface area contributed by atoms with Crippen molar-refractivity contribution in [2.45, 2.75) is 24.9 Å². The maximum absolute atomic E-state index is 12.7. The second kappa shape index (κ2) is 11.7. The predicted molar refractivity (Wildman–Crippen MR) is 113 cm³/mol. The average molecular weight is 495 g/mol. The molecule has 0 aromatic heterocycles. The zero-order valence-electron chi connectivity index (χ0n) is 18.1. The molecule has 2 rings (SSSR count). The number of rotatable bonds is 10. The number of amidine groups is 1. The summed E-state index contributed by atoms with van der Waals surface area (Å²) in [4.78, 5) is 48.5. The first-order valence-corrected chi connectivity index (χ1v) is 9.77. The number of carbonyl (C=O) groups excluding carboxylic acids is 4. The third kappa shape index (κ3) is 7.92. The van der Waals surface area contributed by atoms with Crippen LogP contribution in [0.4, 0.5) is 13.2 Å². The number of halogens is 3. The second-order valence-corrected chi connectivity index (χ2v) is 6.88. The zero-order chi connectivity index (χ0) is 26.2. The minimum absolute atomic E-state index is 0.0641. The molecule has 186 valence electrons. The lowest BCUT2D eigenvalue weighted by atomic mass is 10.1. The van der Waals surface area contributed by atoms with Crippen molar-refractivity contribution < 1.29 is 46.6 Å². The van der Waals surface area contributed by atoms with Gasteiger partial charge in [0, 0.05) is 18.2 Å². The monoisotopic (exact) mass is 495 g/mol. The molecule has 0 fully saturated rings. The van der Waals surface area contributed by atoms with Crippen LogP contribution in [0, 0.1) is 5.41 Å². The number of Topliss-reactive ketones (excluding diaryl/α,β-unsaturated/α-hetero) is 1. The van der Waals surface area contributed by atoms with Crippen LogP contribution in [0.2, 0.25) is 0 Å². The van der Waals surface area contributed by atoms with E-state index < -0.39 is 48.6 Å². The highest BCUT2D eigenvalue weighted by Gasteiger charge is 2.45. The summed E-state index contributed by atoms with van der Waals surface area (Å²) in [6.07, 6.45) is -9.78. The van der Waals surface area contributed by atoms with Gasteiger partial charge in [-0.05, 0) is 24.3 Å². The molecule has 0 bridgehead atoms. The number of ether oxygens (including phenoxy) is 3. The summed E-state index contributed by atoms with van der Waals surface area (Å²) in [6, 6.07) is 12.7. The third-order valence-electron chi connectivity index (χ3n) is 4.35. The van der Waals surface area contributed by atoms with Gasteiger partial charge in [0.05, 0.1) is 6.42 Å². The molecule has 0 aliphatic carbocycles. The molecule has 0 radical (unpaired) electrons. The maximum Gasteiger partial charge on any atom is 0.491 e. The summed E-state index contributed by atoms with van der Waals surface area (Å²) >= 11 is 0. The lowest BCUT2D eigenvalue weighted by Gasteiger charge is -2.21. The van der Waals surface area contributed by atoms with Gasteiger partial charge in [0.25, 0.3) is 12.0 Å². The van der Waals surface area contributed by atoms with Crippen LogP contribution in [0.1, 0.15) is 22.3 Å². The van der Waals surface area contributed by atoms with E-state index in [1.807, 2.05) is 0 Å². The summed E-state index contributed by atoms with van der Waals surface area (Å²) in [7, 11) is 1.13. The fourth-order valence-electron chi connectivity index (χ4n) is 2.60. The molecule has 35 heavy (non-hydrogen) atoms. The van der Waals surface area contributed by atoms with E-state index >= 15 is 0 Å². The number of hydrogen-bond donors (Lipinski definition) is 3. The molecule has 4 N–H and O–H groups in total. The molecule has 10 nitrogen and oxygen atoms in total. The smallest absolute Gasteiger partial charge is 0.471 e. The molecule has 0 heterocycles. The number of carbonyl (C=O) groups is 4. The predicted octanol–water partition coefficient (Wildman–Crippen LogP) is 1.71. The molecule has 0 saturated heterocycles. The van der Waals surface area contributed by atoms with Crippen molar-refractivity contribution in [1.82, 2.24) is 5.32 Å². The van der Waals surface area contributed by atoms with Gasteiger partial charge in [-0.2, -0.15) is 13.2 Å². The Labute approximate surface area is 196 Å². The highest BCUT2D eigenvalue weighted by molar-refractivity contribution is 6.06.